The van der Waals surface area contributed by atoms with E-state index in [1.54, 1.807) is 20.4 Å². The van der Waals surface area contributed by atoms with Gasteiger partial charge in [-0.25, -0.2) is 18.2 Å². The summed E-state index contributed by atoms with van der Waals surface area (Å²) < 4.78 is 61.5. The Morgan fingerprint density at radius 2 is 1.79 bits per heavy atom. The van der Waals surface area contributed by atoms with Crippen LogP contribution in [0.4, 0.5) is 13.2 Å². The van der Waals surface area contributed by atoms with E-state index < -0.39 is 34.6 Å². The molecule has 0 bridgehead atoms. The molecule has 2 aromatic heterocycles. The number of aromatic nitrogens is 3. The number of ether oxygens (including phenoxy) is 3. The minimum atomic E-state index is -0.914. The van der Waals surface area contributed by atoms with Crippen molar-refractivity contribution in [1.82, 2.24) is 15.0 Å². The van der Waals surface area contributed by atoms with Crippen molar-refractivity contribution in [3.63, 3.8) is 0 Å². The van der Waals surface area contributed by atoms with Crippen molar-refractivity contribution in [3.8, 4) is 22.9 Å². The fourth-order valence-electron chi connectivity index (χ4n) is 5.06. The van der Waals surface area contributed by atoms with Crippen molar-refractivity contribution in [3.05, 3.63) is 101 Å². The number of aryl methyl sites for hydroxylation is 1. The molecule has 0 aliphatic rings. The Bertz CT molecular complexity index is 1730. The second-order valence-electron chi connectivity index (χ2n) is 9.87. The molecule has 0 aliphatic heterocycles. The maximum absolute atomic E-state index is 15.1. The van der Waals surface area contributed by atoms with Gasteiger partial charge in [0, 0.05) is 44.5 Å². The van der Waals surface area contributed by atoms with E-state index in [2.05, 4.69) is 15.0 Å². The Morgan fingerprint density at radius 1 is 1.00 bits per heavy atom. The Balaban J connectivity index is 1.52. The van der Waals surface area contributed by atoms with Crippen molar-refractivity contribution >= 4 is 16.9 Å². The molecule has 218 valence electrons. The first kappa shape index (κ1) is 28.9. The summed E-state index contributed by atoms with van der Waals surface area (Å²) in [6.45, 7) is 0.327. The highest BCUT2D eigenvalue weighted by Gasteiger charge is 2.37. The summed E-state index contributed by atoms with van der Waals surface area (Å²) in [4.78, 5) is 21.4. The number of H-pyrrole nitrogens is 2. The molecule has 0 aliphatic carbocycles. The largest absolute Gasteiger partial charge is 0.481 e. The van der Waals surface area contributed by atoms with Crippen molar-refractivity contribution in [2.75, 3.05) is 27.4 Å². The molecule has 0 amide bonds. The lowest BCUT2D eigenvalue weighted by Gasteiger charge is -2.32. The fraction of sp³-hybridized carbons (Fsp3) is 0.226. The number of carboxylic acid groups (broad SMARTS) is 1. The van der Waals surface area contributed by atoms with Crippen molar-refractivity contribution in [2.24, 2.45) is 0 Å². The predicted molar refractivity (Wildman–Crippen MR) is 149 cm³/mol. The summed E-state index contributed by atoms with van der Waals surface area (Å²) in [5, 5.41) is 9.27. The summed E-state index contributed by atoms with van der Waals surface area (Å²) in [7, 11) is 3.08. The zero-order valence-electron chi connectivity index (χ0n) is 22.8. The van der Waals surface area contributed by atoms with Crippen LogP contribution >= 0.6 is 0 Å². The van der Waals surface area contributed by atoms with E-state index in [0.29, 0.717) is 12.1 Å². The van der Waals surface area contributed by atoms with Gasteiger partial charge in [-0.3, -0.25) is 4.79 Å². The second kappa shape index (κ2) is 12.1. The van der Waals surface area contributed by atoms with Crippen LogP contribution in [0.1, 0.15) is 23.2 Å². The molecule has 0 unspecified atom stereocenters. The first-order valence-corrected chi connectivity index (χ1v) is 13.0. The van der Waals surface area contributed by atoms with Gasteiger partial charge >= 0.3 is 5.97 Å². The summed E-state index contributed by atoms with van der Waals surface area (Å²) in [5.41, 5.74) is 1.55. The van der Waals surface area contributed by atoms with Gasteiger partial charge in [-0.2, -0.15) is 0 Å². The van der Waals surface area contributed by atoms with E-state index in [1.807, 2.05) is 24.3 Å². The highest BCUT2D eigenvalue weighted by Crippen LogP contribution is 2.37. The summed E-state index contributed by atoms with van der Waals surface area (Å²) in [6.07, 6.45) is 3.35. The molecule has 0 radical (unpaired) electrons. The molecule has 11 heteroatoms. The molecule has 8 nitrogen and oxygen atoms in total. The zero-order chi connectivity index (χ0) is 29.9. The van der Waals surface area contributed by atoms with Gasteiger partial charge in [0.05, 0.1) is 35.4 Å². The first-order valence-electron chi connectivity index (χ1n) is 13.0. The van der Waals surface area contributed by atoms with Gasteiger partial charge in [-0.15, -0.1) is 0 Å². The van der Waals surface area contributed by atoms with Gasteiger partial charge in [-0.05, 0) is 41.8 Å². The number of fused-ring (bicyclic) bond motifs is 1. The molecule has 0 saturated heterocycles. The third-order valence-electron chi connectivity index (χ3n) is 7.10. The number of rotatable bonds is 12. The molecule has 5 aromatic rings. The lowest BCUT2D eigenvalue weighted by Crippen LogP contribution is -2.38. The standard InChI is InChI=1S/C31H28F3N3O5/c1-40-16-31(17-41-2,19-5-3-4-18(12-19)6-9-27(38)39)26-15-36-30(37-26)22-13-20(7-8-23(22)32)42-29-24(33)14-25-21(28(29)34)10-11-35-25/h3-5,7-8,10-15,35H,6,9,16-17H2,1-2H3,(H,36,37)(H,38,39). The average Bonchev–Trinajstić information content (AvgIpc) is 3.66. The summed E-state index contributed by atoms with van der Waals surface area (Å²) in [5.74, 6) is -3.79. The van der Waals surface area contributed by atoms with Gasteiger partial charge < -0.3 is 29.3 Å². The number of carboxylic acids is 1. The van der Waals surface area contributed by atoms with Crippen LogP contribution in [0.25, 0.3) is 22.3 Å². The highest BCUT2D eigenvalue weighted by molar-refractivity contribution is 5.82. The Labute approximate surface area is 239 Å². The molecule has 0 spiro atoms. The smallest absolute Gasteiger partial charge is 0.303 e. The number of hydrogen-bond acceptors (Lipinski definition) is 5. The van der Waals surface area contributed by atoms with Crippen molar-refractivity contribution in [1.29, 1.82) is 0 Å². The van der Waals surface area contributed by atoms with Crippen LogP contribution in [0.3, 0.4) is 0 Å². The van der Waals surface area contributed by atoms with Crippen LogP contribution in [0, 0.1) is 17.5 Å². The van der Waals surface area contributed by atoms with E-state index in [4.69, 9.17) is 19.3 Å². The van der Waals surface area contributed by atoms with E-state index in [1.165, 1.54) is 24.4 Å². The molecule has 42 heavy (non-hydrogen) atoms. The molecule has 0 fully saturated rings. The molecular weight excluding hydrogens is 551 g/mol. The van der Waals surface area contributed by atoms with Gasteiger partial charge in [0.2, 0.25) is 0 Å². The number of aliphatic carboxylic acids is 1. The van der Waals surface area contributed by atoms with Crippen LogP contribution < -0.4 is 4.74 Å². The normalized spacial score (nSPS) is 11.7. The lowest BCUT2D eigenvalue weighted by atomic mass is 9.78. The van der Waals surface area contributed by atoms with Crippen LogP contribution in [0.2, 0.25) is 0 Å². The molecule has 0 atom stereocenters. The third-order valence-corrected chi connectivity index (χ3v) is 7.10. The maximum Gasteiger partial charge on any atom is 0.303 e. The molecular formula is C31H28F3N3O5. The van der Waals surface area contributed by atoms with Gasteiger partial charge in [-0.1, -0.05) is 24.3 Å². The Kier molecular flexibility index (Phi) is 8.32. The number of aromatic amines is 2. The van der Waals surface area contributed by atoms with E-state index >= 15 is 4.39 Å². The fourth-order valence-corrected chi connectivity index (χ4v) is 5.06. The van der Waals surface area contributed by atoms with Crippen molar-refractivity contribution in [2.45, 2.75) is 18.3 Å². The SMILES string of the molecule is COCC(COC)(c1cccc(CCC(=O)O)c1)c1cnc(-c2cc(Oc3c(F)cc4[nH]ccc4c3F)ccc2F)[nH]1. The second-order valence-corrected chi connectivity index (χ2v) is 9.87. The predicted octanol–water partition coefficient (Wildman–Crippen LogP) is 6.36. The minimum absolute atomic E-state index is 0.00298. The van der Waals surface area contributed by atoms with Crippen LogP contribution in [0.15, 0.2) is 67.0 Å². The molecule has 3 aromatic carbocycles. The number of nitrogens with zero attached hydrogens (tertiary/aromatic N) is 1. The average molecular weight is 580 g/mol. The first-order chi connectivity index (χ1) is 20.3. The quantitative estimate of drug-likeness (QED) is 0.159. The summed E-state index contributed by atoms with van der Waals surface area (Å²) >= 11 is 0. The van der Waals surface area contributed by atoms with Crippen LogP contribution in [0.5, 0.6) is 11.5 Å². The highest BCUT2D eigenvalue weighted by atomic mass is 19.1. The number of benzene rings is 3. The van der Waals surface area contributed by atoms with E-state index in [-0.39, 0.29) is 47.7 Å². The summed E-state index contributed by atoms with van der Waals surface area (Å²) in [6, 6.07) is 13.7. The number of hydrogen-bond donors (Lipinski definition) is 3. The van der Waals surface area contributed by atoms with Crippen LogP contribution in [-0.2, 0) is 26.1 Å². The van der Waals surface area contributed by atoms with Crippen molar-refractivity contribution < 1.29 is 37.3 Å². The third kappa shape index (κ3) is 5.61. The Hall–Kier alpha value is -4.61. The number of imidazole rings is 1. The number of methoxy groups -OCH3 is 2. The number of carbonyl (C=O) groups is 1. The molecule has 3 N–H and O–H groups in total. The van der Waals surface area contributed by atoms with E-state index in [0.717, 1.165) is 23.3 Å². The molecule has 0 saturated carbocycles. The Morgan fingerprint density at radius 3 is 2.52 bits per heavy atom. The zero-order valence-corrected chi connectivity index (χ0v) is 22.8. The lowest BCUT2D eigenvalue weighted by molar-refractivity contribution is -0.136. The van der Waals surface area contributed by atoms with E-state index in [9.17, 15) is 13.6 Å². The van der Waals surface area contributed by atoms with Gasteiger partial charge in [0.1, 0.15) is 17.4 Å². The number of nitrogens with one attached hydrogen (secondary N) is 2. The topological polar surface area (TPSA) is 109 Å². The minimum Gasteiger partial charge on any atom is -0.481 e. The molecule has 2 heterocycles. The number of halogens is 3. The van der Waals surface area contributed by atoms with Crippen LogP contribution in [-0.4, -0.2) is 53.5 Å². The monoisotopic (exact) mass is 579 g/mol. The maximum atomic E-state index is 15.1. The van der Waals surface area contributed by atoms with Gasteiger partial charge in [0.15, 0.2) is 17.4 Å². The van der Waals surface area contributed by atoms with Gasteiger partial charge in [0.25, 0.3) is 0 Å². The molecule has 5 rings (SSSR count).